The first-order valence-corrected chi connectivity index (χ1v) is 12.7. The number of nitrogens with one attached hydrogen (secondary N) is 1. The van der Waals surface area contributed by atoms with Crippen molar-refractivity contribution in [3.63, 3.8) is 0 Å². The summed E-state index contributed by atoms with van der Waals surface area (Å²) in [7, 11) is -2.74. The highest BCUT2D eigenvalue weighted by molar-refractivity contribution is 7.87. The predicted octanol–water partition coefficient (Wildman–Crippen LogP) is 4.59. The molecule has 0 fully saturated rings. The molecule has 0 saturated carbocycles. The summed E-state index contributed by atoms with van der Waals surface area (Å²) in [4.78, 5) is 25.7. The maximum absolute atomic E-state index is 12.9. The average molecular weight is 491 g/mol. The fourth-order valence-corrected chi connectivity index (χ4v) is 4.26. The SMILES string of the molecule is CC[C@@H](C)N(Cc1ccc(OC)c(OS(=O)(=O)c2ccc(NC(C)=O)cc2)c1)C(=O)CC(C)C. The van der Waals surface area contributed by atoms with E-state index in [0.717, 1.165) is 12.0 Å². The second kappa shape index (κ2) is 11.9. The van der Waals surface area contributed by atoms with Crippen LogP contribution in [0.3, 0.4) is 0 Å². The fraction of sp³-hybridized carbons (Fsp3) is 0.440. The number of hydrogen-bond acceptors (Lipinski definition) is 6. The molecule has 186 valence electrons. The van der Waals surface area contributed by atoms with Crippen LogP contribution in [0.25, 0.3) is 0 Å². The van der Waals surface area contributed by atoms with E-state index >= 15 is 0 Å². The molecule has 0 radical (unpaired) electrons. The van der Waals surface area contributed by atoms with E-state index in [2.05, 4.69) is 5.32 Å². The molecule has 8 nitrogen and oxygen atoms in total. The summed E-state index contributed by atoms with van der Waals surface area (Å²) in [6, 6.07) is 10.7. The summed E-state index contributed by atoms with van der Waals surface area (Å²) in [5.41, 5.74) is 1.20. The lowest BCUT2D eigenvalue weighted by molar-refractivity contribution is -0.134. The van der Waals surface area contributed by atoms with E-state index in [1.165, 1.54) is 38.3 Å². The smallest absolute Gasteiger partial charge is 0.339 e. The molecule has 0 aliphatic heterocycles. The molecule has 0 aliphatic carbocycles. The van der Waals surface area contributed by atoms with Crippen molar-refractivity contribution in [2.75, 3.05) is 12.4 Å². The lowest BCUT2D eigenvalue weighted by atomic mass is 10.1. The number of nitrogens with zero attached hydrogens (tertiary/aromatic N) is 1. The van der Waals surface area contributed by atoms with Crippen molar-refractivity contribution in [3.8, 4) is 11.5 Å². The minimum absolute atomic E-state index is 0.0311. The lowest BCUT2D eigenvalue weighted by Crippen LogP contribution is -2.38. The first-order valence-electron chi connectivity index (χ1n) is 11.2. The van der Waals surface area contributed by atoms with Crippen molar-refractivity contribution in [3.05, 3.63) is 48.0 Å². The van der Waals surface area contributed by atoms with E-state index in [0.29, 0.717) is 18.7 Å². The minimum Gasteiger partial charge on any atom is -0.493 e. The Morgan fingerprint density at radius 3 is 2.21 bits per heavy atom. The van der Waals surface area contributed by atoms with Crippen molar-refractivity contribution < 1.29 is 26.9 Å². The molecule has 2 rings (SSSR count). The van der Waals surface area contributed by atoms with Gasteiger partial charge in [0, 0.05) is 31.6 Å². The quantitative estimate of drug-likeness (QED) is 0.462. The van der Waals surface area contributed by atoms with Crippen LogP contribution >= 0.6 is 0 Å². The second-order valence-corrected chi connectivity index (χ2v) is 10.2. The number of hydrogen-bond donors (Lipinski definition) is 1. The predicted molar refractivity (Wildman–Crippen MR) is 131 cm³/mol. The van der Waals surface area contributed by atoms with Crippen LogP contribution in [-0.2, 0) is 26.3 Å². The number of rotatable bonds is 11. The zero-order chi connectivity index (χ0) is 25.5. The molecule has 0 aliphatic rings. The van der Waals surface area contributed by atoms with Gasteiger partial charge in [-0.3, -0.25) is 9.59 Å². The monoisotopic (exact) mass is 490 g/mol. The molecule has 0 bridgehead atoms. The molecular formula is C25H34N2O6S. The molecule has 2 aromatic rings. The molecule has 0 aromatic heterocycles. The van der Waals surface area contributed by atoms with Gasteiger partial charge in [-0.1, -0.05) is 26.8 Å². The number of carbonyl (C=O) groups is 2. The highest BCUT2D eigenvalue weighted by Crippen LogP contribution is 2.32. The van der Waals surface area contributed by atoms with E-state index < -0.39 is 10.1 Å². The zero-order valence-electron chi connectivity index (χ0n) is 20.6. The third kappa shape index (κ3) is 7.48. The van der Waals surface area contributed by atoms with Crippen LogP contribution in [-0.4, -0.2) is 38.3 Å². The first-order chi connectivity index (χ1) is 16.0. The summed E-state index contributed by atoms with van der Waals surface area (Å²) in [5, 5.41) is 2.58. The van der Waals surface area contributed by atoms with Gasteiger partial charge in [0.2, 0.25) is 11.8 Å². The topological polar surface area (TPSA) is 102 Å². The molecule has 0 saturated heterocycles. The third-order valence-electron chi connectivity index (χ3n) is 5.27. The summed E-state index contributed by atoms with van der Waals surface area (Å²) in [5.74, 6) is 0.314. The summed E-state index contributed by atoms with van der Waals surface area (Å²) < 4.78 is 36.5. The van der Waals surface area contributed by atoms with Crippen LogP contribution in [0.4, 0.5) is 5.69 Å². The van der Waals surface area contributed by atoms with Gasteiger partial charge in [-0.15, -0.1) is 0 Å². The molecular weight excluding hydrogens is 456 g/mol. The van der Waals surface area contributed by atoms with Gasteiger partial charge in [0.25, 0.3) is 0 Å². The Hall–Kier alpha value is -3.07. The van der Waals surface area contributed by atoms with Gasteiger partial charge in [-0.05, 0) is 61.2 Å². The van der Waals surface area contributed by atoms with Gasteiger partial charge < -0.3 is 19.1 Å². The highest BCUT2D eigenvalue weighted by atomic mass is 32.2. The molecule has 34 heavy (non-hydrogen) atoms. The first kappa shape index (κ1) is 27.2. The third-order valence-corrected chi connectivity index (χ3v) is 6.52. The molecule has 1 N–H and O–H groups in total. The Labute approximate surface area is 202 Å². The van der Waals surface area contributed by atoms with E-state index in [1.54, 1.807) is 23.1 Å². The number of benzene rings is 2. The van der Waals surface area contributed by atoms with Crippen LogP contribution in [0.5, 0.6) is 11.5 Å². The summed E-state index contributed by atoms with van der Waals surface area (Å²) in [6.45, 7) is 9.71. The molecule has 2 amide bonds. The lowest BCUT2D eigenvalue weighted by Gasteiger charge is -2.29. The van der Waals surface area contributed by atoms with Crippen molar-refractivity contribution in [1.29, 1.82) is 0 Å². The summed E-state index contributed by atoms with van der Waals surface area (Å²) >= 11 is 0. The number of ether oxygens (including phenoxy) is 1. The van der Waals surface area contributed by atoms with Crippen molar-refractivity contribution >= 4 is 27.6 Å². The van der Waals surface area contributed by atoms with Crippen molar-refractivity contribution in [2.24, 2.45) is 5.92 Å². The Morgan fingerprint density at radius 2 is 1.68 bits per heavy atom. The van der Waals surface area contributed by atoms with Gasteiger partial charge in [0.05, 0.1) is 7.11 Å². The van der Waals surface area contributed by atoms with Gasteiger partial charge >= 0.3 is 10.1 Å². The molecule has 2 aromatic carbocycles. The molecule has 9 heteroatoms. The number of carbonyl (C=O) groups excluding carboxylic acids is 2. The number of methoxy groups -OCH3 is 1. The zero-order valence-corrected chi connectivity index (χ0v) is 21.4. The summed E-state index contributed by atoms with van der Waals surface area (Å²) in [6.07, 6.45) is 1.24. The fourth-order valence-electron chi connectivity index (χ4n) is 3.33. The largest absolute Gasteiger partial charge is 0.493 e. The highest BCUT2D eigenvalue weighted by Gasteiger charge is 2.23. The Kier molecular flexibility index (Phi) is 9.49. The second-order valence-electron chi connectivity index (χ2n) is 8.61. The van der Waals surface area contributed by atoms with Crippen LogP contribution in [0, 0.1) is 5.92 Å². The van der Waals surface area contributed by atoms with Gasteiger partial charge in [0.1, 0.15) is 4.90 Å². The van der Waals surface area contributed by atoms with E-state index in [-0.39, 0.29) is 40.2 Å². The van der Waals surface area contributed by atoms with Gasteiger partial charge in [0.15, 0.2) is 11.5 Å². The van der Waals surface area contributed by atoms with Crippen molar-refractivity contribution in [1.82, 2.24) is 4.90 Å². The van der Waals surface area contributed by atoms with Crippen molar-refractivity contribution in [2.45, 2.75) is 64.9 Å². The van der Waals surface area contributed by atoms with Crippen LogP contribution < -0.4 is 14.2 Å². The van der Waals surface area contributed by atoms with Crippen LogP contribution in [0.2, 0.25) is 0 Å². The van der Waals surface area contributed by atoms with E-state index in [4.69, 9.17) is 8.92 Å². The van der Waals surface area contributed by atoms with Crippen LogP contribution in [0.15, 0.2) is 47.4 Å². The minimum atomic E-state index is -4.16. The molecule has 0 heterocycles. The normalized spacial score (nSPS) is 12.2. The number of amides is 2. The van der Waals surface area contributed by atoms with Gasteiger partial charge in [-0.2, -0.15) is 8.42 Å². The Bertz CT molecular complexity index is 1100. The Balaban J connectivity index is 2.31. The van der Waals surface area contributed by atoms with Gasteiger partial charge in [-0.25, -0.2) is 0 Å². The number of anilines is 1. The Morgan fingerprint density at radius 1 is 1.03 bits per heavy atom. The molecule has 1 atom stereocenters. The maximum atomic E-state index is 12.9. The molecule has 0 unspecified atom stereocenters. The van der Waals surface area contributed by atoms with E-state index in [1.807, 2.05) is 27.7 Å². The van der Waals surface area contributed by atoms with E-state index in [9.17, 15) is 18.0 Å². The van der Waals surface area contributed by atoms with Crippen LogP contribution in [0.1, 0.15) is 53.0 Å². The standard InChI is InChI=1S/C25H34N2O6S/c1-7-18(4)27(25(29)14-17(2)3)16-20-8-13-23(32-6)24(15-20)33-34(30,31)22-11-9-21(10-12-22)26-19(5)28/h8-13,15,17-18H,7,14,16H2,1-6H3,(H,26,28)/t18-/m1/s1. The molecule has 0 spiro atoms. The average Bonchev–Trinajstić information content (AvgIpc) is 2.76. The maximum Gasteiger partial charge on any atom is 0.339 e.